The fourth-order valence-electron chi connectivity index (χ4n) is 2.37. The molecule has 6 nitrogen and oxygen atoms in total. The van der Waals surface area contributed by atoms with Crippen molar-refractivity contribution >= 4 is 23.2 Å². The van der Waals surface area contributed by atoms with Crippen LogP contribution in [-0.2, 0) is 6.54 Å². The van der Waals surface area contributed by atoms with Crippen molar-refractivity contribution in [2.45, 2.75) is 6.54 Å². The molecule has 1 N–H and O–H groups in total. The fraction of sp³-hybridized carbons (Fsp3) is 0.0556. The summed E-state index contributed by atoms with van der Waals surface area (Å²) < 4.78 is 19.6. The lowest BCUT2D eigenvalue weighted by Gasteiger charge is -2.06. The largest absolute Gasteiger partial charge is 0.461 e. The molecule has 0 radical (unpaired) electrons. The second-order valence-electron chi connectivity index (χ2n) is 5.41. The van der Waals surface area contributed by atoms with Gasteiger partial charge < -0.3 is 9.73 Å². The molecule has 8 heteroatoms. The molecule has 26 heavy (non-hydrogen) atoms. The third kappa shape index (κ3) is 3.27. The molecule has 4 aromatic rings. The van der Waals surface area contributed by atoms with Gasteiger partial charge in [-0.1, -0.05) is 18.2 Å². The van der Waals surface area contributed by atoms with Gasteiger partial charge in [-0.05, 0) is 41.3 Å². The van der Waals surface area contributed by atoms with Crippen LogP contribution in [0.2, 0.25) is 0 Å². The first-order chi connectivity index (χ1) is 12.7. The first kappa shape index (κ1) is 16.2. The Morgan fingerprint density at radius 2 is 2.04 bits per heavy atom. The van der Waals surface area contributed by atoms with Gasteiger partial charge in [-0.2, -0.15) is 9.67 Å². The number of anilines is 1. The molecule has 0 spiro atoms. The molecule has 0 bridgehead atoms. The van der Waals surface area contributed by atoms with E-state index in [9.17, 15) is 9.18 Å². The maximum Gasteiger partial charge on any atom is 0.291 e. The number of nitrogens with one attached hydrogen (secondary N) is 1. The van der Waals surface area contributed by atoms with E-state index in [1.807, 2.05) is 5.38 Å². The zero-order valence-electron chi connectivity index (χ0n) is 13.4. The van der Waals surface area contributed by atoms with Crippen LogP contribution in [-0.4, -0.2) is 20.7 Å². The molecule has 0 unspecified atom stereocenters. The number of benzene rings is 1. The molecule has 0 aliphatic rings. The average Bonchev–Trinajstić information content (AvgIpc) is 3.41. The van der Waals surface area contributed by atoms with Crippen molar-refractivity contribution in [3.05, 3.63) is 76.4 Å². The SMILES string of the molecule is O=C(c1cccs1)n1nc(-c2ccco2)nc1NCc1ccc(F)cc1. The Morgan fingerprint density at radius 3 is 2.73 bits per heavy atom. The topological polar surface area (TPSA) is 73.0 Å². The fourth-order valence-corrected chi connectivity index (χ4v) is 3.01. The van der Waals surface area contributed by atoms with Crippen molar-refractivity contribution in [2.24, 2.45) is 0 Å². The van der Waals surface area contributed by atoms with Crippen molar-refractivity contribution in [2.75, 3.05) is 5.32 Å². The Hall–Kier alpha value is -3.26. The van der Waals surface area contributed by atoms with E-state index in [0.29, 0.717) is 29.0 Å². The highest BCUT2D eigenvalue weighted by molar-refractivity contribution is 7.12. The van der Waals surface area contributed by atoms with E-state index in [2.05, 4.69) is 15.4 Å². The second kappa shape index (κ2) is 6.93. The number of rotatable bonds is 5. The van der Waals surface area contributed by atoms with Gasteiger partial charge in [0.25, 0.3) is 5.91 Å². The van der Waals surface area contributed by atoms with Crippen LogP contribution in [0.15, 0.2) is 64.6 Å². The molecule has 4 rings (SSSR count). The molecule has 3 aromatic heterocycles. The van der Waals surface area contributed by atoms with Crippen LogP contribution in [0.1, 0.15) is 15.2 Å². The lowest BCUT2D eigenvalue weighted by Crippen LogP contribution is -2.16. The molecular weight excluding hydrogens is 355 g/mol. The molecule has 130 valence electrons. The van der Waals surface area contributed by atoms with Gasteiger partial charge in [-0.3, -0.25) is 4.79 Å². The minimum atomic E-state index is -0.301. The van der Waals surface area contributed by atoms with E-state index < -0.39 is 0 Å². The normalized spacial score (nSPS) is 10.8. The summed E-state index contributed by atoms with van der Waals surface area (Å²) in [5.74, 6) is 0.477. The molecule has 0 saturated carbocycles. The number of nitrogens with zero attached hydrogens (tertiary/aromatic N) is 3. The van der Waals surface area contributed by atoms with Crippen molar-refractivity contribution in [3.8, 4) is 11.6 Å². The van der Waals surface area contributed by atoms with Gasteiger partial charge in [-0.25, -0.2) is 4.39 Å². The molecule has 1 aromatic carbocycles. The Balaban J connectivity index is 1.65. The highest BCUT2D eigenvalue weighted by Crippen LogP contribution is 2.21. The van der Waals surface area contributed by atoms with Gasteiger partial charge in [0.2, 0.25) is 11.8 Å². The number of carbonyl (C=O) groups excluding carboxylic acids is 1. The molecule has 0 aliphatic heterocycles. The monoisotopic (exact) mass is 368 g/mol. The smallest absolute Gasteiger partial charge is 0.291 e. The second-order valence-corrected chi connectivity index (χ2v) is 6.36. The lowest BCUT2D eigenvalue weighted by atomic mass is 10.2. The van der Waals surface area contributed by atoms with E-state index in [-0.39, 0.29) is 11.7 Å². The average molecular weight is 368 g/mol. The van der Waals surface area contributed by atoms with Gasteiger partial charge >= 0.3 is 0 Å². The maximum atomic E-state index is 13.0. The third-order valence-corrected chi connectivity index (χ3v) is 4.49. The molecule has 3 heterocycles. The highest BCUT2D eigenvalue weighted by Gasteiger charge is 2.20. The molecule has 0 atom stereocenters. The Kier molecular flexibility index (Phi) is 4.32. The highest BCUT2D eigenvalue weighted by atomic mass is 32.1. The number of aromatic nitrogens is 3. The summed E-state index contributed by atoms with van der Waals surface area (Å²) in [6.07, 6.45) is 1.52. The summed E-state index contributed by atoms with van der Waals surface area (Å²) in [6.45, 7) is 0.369. The molecule has 0 aliphatic carbocycles. The van der Waals surface area contributed by atoms with E-state index in [0.717, 1.165) is 5.56 Å². The zero-order chi connectivity index (χ0) is 17.9. The predicted molar refractivity (Wildman–Crippen MR) is 95.5 cm³/mol. The van der Waals surface area contributed by atoms with Gasteiger partial charge in [0.1, 0.15) is 5.82 Å². The van der Waals surface area contributed by atoms with E-state index in [4.69, 9.17) is 4.42 Å². The van der Waals surface area contributed by atoms with E-state index >= 15 is 0 Å². The van der Waals surface area contributed by atoms with Crippen molar-refractivity contribution in [3.63, 3.8) is 0 Å². The predicted octanol–water partition coefficient (Wildman–Crippen LogP) is 4.04. The van der Waals surface area contributed by atoms with Gasteiger partial charge in [-0.15, -0.1) is 16.4 Å². The minimum absolute atomic E-state index is 0.285. The van der Waals surface area contributed by atoms with Crippen LogP contribution < -0.4 is 5.32 Å². The summed E-state index contributed by atoms with van der Waals surface area (Å²) in [7, 11) is 0. The van der Waals surface area contributed by atoms with E-state index in [1.54, 1.807) is 36.4 Å². The summed E-state index contributed by atoms with van der Waals surface area (Å²) in [4.78, 5) is 17.6. The van der Waals surface area contributed by atoms with Crippen LogP contribution in [0.25, 0.3) is 11.6 Å². The first-order valence-electron chi connectivity index (χ1n) is 7.78. The Bertz CT molecular complexity index is 1010. The minimum Gasteiger partial charge on any atom is -0.461 e. The molecule has 0 amide bonds. The number of hydrogen-bond donors (Lipinski definition) is 1. The van der Waals surface area contributed by atoms with Gasteiger partial charge in [0, 0.05) is 6.54 Å². The quantitative estimate of drug-likeness (QED) is 0.576. The van der Waals surface area contributed by atoms with Gasteiger partial charge in [0.05, 0.1) is 11.1 Å². The number of halogens is 1. The van der Waals surface area contributed by atoms with Crippen molar-refractivity contribution in [1.29, 1.82) is 0 Å². The number of hydrogen-bond acceptors (Lipinski definition) is 6. The number of thiophene rings is 1. The summed E-state index contributed by atoms with van der Waals surface area (Å²) >= 11 is 1.33. The summed E-state index contributed by atoms with van der Waals surface area (Å²) in [5.41, 5.74) is 0.851. The lowest BCUT2D eigenvalue weighted by molar-refractivity contribution is 0.0951. The molecular formula is C18H13FN4O2S. The van der Waals surface area contributed by atoms with Gasteiger partial charge in [0.15, 0.2) is 5.76 Å². The van der Waals surface area contributed by atoms with Crippen molar-refractivity contribution < 1.29 is 13.6 Å². The van der Waals surface area contributed by atoms with Crippen molar-refractivity contribution in [1.82, 2.24) is 14.8 Å². The van der Waals surface area contributed by atoms with E-state index in [1.165, 1.54) is 34.4 Å². The maximum absolute atomic E-state index is 13.0. The third-order valence-electron chi connectivity index (χ3n) is 3.64. The first-order valence-corrected chi connectivity index (χ1v) is 8.66. The summed E-state index contributed by atoms with van der Waals surface area (Å²) in [6, 6.07) is 13.1. The van der Waals surface area contributed by atoms with Crippen LogP contribution in [0.5, 0.6) is 0 Å². The summed E-state index contributed by atoms with van der Waals surface area (Å²) in [5, 5.41) is 9.19. The Morgan fingerprint density at radius 1 is 1.19 bits per heavy atom. The number of furan rings is 1. The van der Waals surface area contributed by atoms with Crippen LogP contribution in [0.4, 0.5) is 10.3 Å². The zero-order valence-corrected chi connectivity index (χ0v) is 14.2. The Labute approximate surface area is 151 Å². The molecule has 0 fully saturated rings. The number of carbonyl (C=O) groups is 1. The standard InChI is InChI=1S/C18H13FN4O2S/c19-13-7-5-12(6-8-13)11-20-18-21-16(14-3-1-9-25-14)22-23(18)17(24)15-4-2-10-26-15/h1-10H,11H2,(H,20,21,22). The van der Waals surface area contributed by atoms with Crippen LogP contribution in [0.3, 0.4) is 0 Å². The van der Waals surface area contributed by atoms with Crippen LogP contribution >= 0.6 is 11.3 Å². The molecule has 0 saturated heterocycles. The van der Waals surface area contributed by atoms with Crippen LogP contribution in [0, 0.1) is 5.82 Å².